The summed E-state index contributed by atoms with van der Waals surface area (Å²) >= 11 is 4.97. The van der Waals surface area contributed by atoms with Gasteiger partial charge in [-0.3, -0.25) is 0 Å². The Bertz CT molecular complexity index is 759. The van der Waals surface area contributed by atoms with Gasteiger partial charge in [0.05, 0.1) is 22.3 Å². The molecule has 19 heavy (non-hydrogen) atoms. The number of imidazole rings is 1. The van der Waals surface area contributed by atoms with E-state index >= 15 is 0 Å². The maximum absolute atomic E-state index is 4.72. The van der Waals surface area contributed by atoms with E-state index in [0.717, 1.165) is 43.2 Å². The topological polar surface area (TPSA) is 53.6 Å². The number of H-pyrrole nitrogens is 1. The van der Waals surface area contributed by atoms with Gasteiger partial charge in [0.15, 0.2) is 0 Å². The second-order valence-corrected chi connectivity index (χ2v) is 6.12. The molecule has 98 valence electrons. The molecule has 0 saturated carbocycles. The summed E-state index contributed by atoms with van der Waals surface area (Å²) in [6.45, 7) is 4.07. The second-order valence-electron chi connectivity index (χ2n) is 4.43. The first-order chi connectivity index (χ1) is 9.10. The lowest BCUT2D eigenvalue weighted by Crippen LogP contribution is -1.89. The van der Waals surface area contributed by atoms with Gasteiger partial charge in [-0.1, -0.05) is 15.9 Å². The molecule has 0 saturated heterocycles. The third kappa shape index (κ3) is 2.04. The van der Waals surface area contributed by atoms with Crippen LogP contribution < -0.4 is 5.32 Å². The number of aromatic nitrogens is 3. The van der Waals surface area contributed by atoms with Gasteiger partial charge < -0.3 is 10.3 Å². The van der Waals surface area contributed by atoms with Gasteiger partial charge in [0, 0.05) is 11.5 Å². The fourth-order valence-electron chi connectivity index (χ4n) is 2.18. The second kappa shape index (κ2) is 4.61. The molecule has 2 N–H and O–H groups in total. The predicted octanol–water partition coefficient (Wildman–Crippen LogP) is 4.11. The van der Waals surface area contributed by atoms with Crippen LogP contribution in [0.15, 0.2) is 16.6 Å². The summed E-state index contributed by atoms with van der Waals surface area (Å²) in [6.07, 6.45) is 0. The molecule has 6 heteroatoms. The Kier molecular flexibility index (Phi) is 3.06. The molecule has 0 aliphatic heterocycles. The number of nitrogens with one attached hydrogen (secondary N) is 2. The zero-order valence-corrected chi connectivity index (χ0v) is 13.2. The van der Waals surface area contributed by atoms with Crippen LogP contribution in [0.25, 0.3) is 22.4 Å². The highest BCUT2D eigenvalue weighted by Crippen LogP contribution is 2.34. The SMILES string of the molecule is CNc1snc(C)c1-c1nc2c(C)cc(Br)cc2[nH]1. The fourth-order valence-corrected chi connectivity index (χ4v) is 3.50. The van der Waals surface area contributed by atoms with Crippen LogP contribution in [0.3, 0.4) is 0 Å². The molecule has 3 aromatic rings. The molecule has 3 rings (SSSR count). The molecule has 0 amide bonds. The third-order valence-electron chi connectivity index (χ3n) is 3.07. The molecule has 0 aliphatic carbocycles. The lowest BCUT2D eigenvalue weighted by Gasteiger charge is -1.98. The van der Waals surface area contributed by atoms with Crippen molar-refractivity contribution >= 4 is 43.5 Å². The summed E-state index contributed by atoms with van der Waals surface area (Å²) in [7, 11) is 1.90. The molecule has 4 nitrogen and oxygen atoms in total. The highest BCUT2D eigenvalue weighted by atomic mass is 79.9. The average molecular weight is 337 g/mol. The maximum Gasteiger partial charge on any atom is 0.143 e. The molecular weight excluding hydrogens is 324 g/mol. The molecule has 0 spiro atoms. The summed E-state index contributed by atoms with van der Waals surface area (Å²) in [4.78, 5) is 8.10. The number of nitrogens with zero attached hydrogens (tertiary/aromatic N) is 2. The first kappa shape index (κ1) is 12.6. The van der Waals surface area contributed by atoms with Crippen molar-refractivity contribution < 1.29 is 0 Å². The standard InChI is InChI=1S/C13H13BrN4S/c1-6-4-8(14)5-9-11(6)17-12(16-9)10-7(2)18-19-13(10)15-3/h4-5,15H,1-3H3,(H,16,17). The predicted molar refractivity (Wildman–Crippen MR) is 83.9 cm³/mol. The van der Waals surface area contributed by atoms with E-state index in [1.807, 2.05) is 20.0 Å². The van der Waals surface area contributed by atoms with E-state index in [2.05, 4.69) is 43.6 Å². The molecule has 0 atom stereocenters. The van der Waals surface area contributed by atoms with Crippen LogP contribution >= 0.6 is 27.5 Å². The van der Waals surface area contributed by atoms with Crippen LogP contribution in [0.5, 0.6) is 0 Å². The highest BCUT2D eigenvalue weighted by molar-refractivity contribution is 9.10. The normalized spacial score (nSPS) is 11.2. The Hall–Kier alpha value is -1.40. The van der Waals surface area contributed by atoms with E-state index in [4.69, 9.17) is 4.98 Å². The van der Waals surface area contributed by atoms with E-state index in [0.29, 0.717) is 0 Å². The van der Waals surface area contributed by atoms with E-state index < -0.39 is 0 Å². The minimum absolute atomic E-state index is 0.867. The van der Waals surface area contributed by atoms with Gasteiger partial charge >= 0.3 is 0 Å². The Balaban J connectivity index is 2.26. The van der Waals surface area contributed by atoms with E-state index in [1.54, 1.807) is 0 Å². The smallest absolute Gasteiger partial charge is 0.143 e. The van der Waals surface area contributed by atoms with Gasteiger partial charge in [0.2, 0.25) is 0 Å². The van der Waals surface area contributed by atoms with Crippen molar-refractivity contribution in [2.75, 3.05) is 12.4 Å². The van der Waals surface area contributed by atoms with Crippen molar-refractivity contribution in [3.05, 3.63) is 27.9 Å². The van der Waals surface area contributed by atoms with Crippen LogP contribution in [-0.2, 0) is 0 Å². The first-order valence-electron chi connectivity index (χ1n) is 5.90. The van der Waals surface area contributed by atoms with Crippen molar-refractivity contribution in [1.29, 1.82) is 0 Å². The van der Waals surface area contributed by atoms with Crippen LogP contribution in [-0.4, -0.2) is 21.4 Å². The van der Waals surface area contributed by atoms with Crippen LogP contribution in [0.1, 0.15) is 11.3 Å². The number of hydrogen-bond donors (Lipinski definition) is 2. The van der Waals surface area contributed by atoms with Gasteiger partial charge in [-0.25, -0.2) is 4.98 Å². The molecule has 1 aromatic carbocycles. The number of benzene rings is 1. The van der Waals surface area contributed by atoms with Crippen molar-refractivity contribution in [3.8, 4) is 11.4 Å². The number of hydrogen-bond acceptors (Lipinski definition) is 4. The number of aromatic amines is 1. The van der Waals surface area contributed by atoms with Gasteiger partial charge in [0.25, 0.3) is 0 Å². The Morgan fingerprint density at radius 1 is 1.32 bits per heavy atom. The quantitative estimate of drug-likeness (QED) is 0.740. The number of aryl methyl sites for hydroxylation is 2. The summed E-state index contributed by atoms with van der Waals surface area (Å²) in [5.41, 5.74) is 5.24. The summed E-state index contributed by atoms with van der Waals surface area (Å²) in [6, 6.07) is 4.12. The summed E-state index contributed by atoms with van der Waals surface area (Å²) in [5, 5.41) is 4.21. The molecule has 0 aliphatic rings. The summed E-state index contributed by atoms with van der Waals surface area (Å²) < 4.78 is 5.44. The third-order valence-corrected chi connectivity index (χ3v) is 4.48. The average Bonchev–Trinajstić information content (AvgIpc) is 2.92. The van der Waals surface area contributed by atoms with Crippen molar-refractivity contribution in [2.45, 2.75) is 13.8 Å². The molecule has 2 aromatic heterocycles. The Morgan fingerprint density at radius 2 is 2.11 bits per heavy atom. The van der Waals surface area contributed by atoms with Gasteiger partial charge in [-0.05, 0) is 43.1 Å². The number of fused-ring (bicyclic) bond motifs is 1. The van der Waals surface area contributed by atoms with E-state index in [1.165, 1.54) is 11.5 Å². The number of halogens is 1. The van der Waals surface area contributed by atoms with E-state index in [9.17, 15) is 0 Å². The monoisotopic (exact) mass is 336 g/mol. The van der Waals surface area contributed by atoms with Gasteiger partial charge in [-0.2, -0.15) is 4.37 Å². The minimum Gasteiger partial charge on any atom is -0.378 e. The zero-order valence-electron chi connectivity index (χ0n) is 10.8. The van der Waals surface area contributed by atoms with E-state index in [-0.39, 0.29) is 0 Å². The maximum atomic E-state index is 4.72. The Labute approximate surface area is 123 Å². The molecule has 2 heterocycles. The van der Waals surface area contributed by atoms with Gasteiger partial charge in [0.1, 0.15) is 10.8 Å². The van der Waals surface area contributed by atoms with Crippen molar-refractivity contribution in [2.24, 2.45) is 0 Å². The number of anilines is 1. The fraction of sp³-hybridized carbons (Fsp3) is 0.231. The molecular formula is C13H13BrN4S. The highest BCUT2D eigenvalue weighted by Gasteiger charge is 2.16. The Morgan fingerprint density at radius 3 is 2.84 bits per heavy atom. The minimum atomic E-state index is 0.867. The molecule has 0 radical (unpaired) electrons. The zero-order chi connectivity index (χ0) is 13.6. The van der Waals surface area contributed by atoms with Gasteiger partial charge in [-0.15, -0.1) is 0 Å². The van der Waals surface area contributed by atoms with Crippen molar-refractivity contribution in [3.63, 3.8) is 0 Å². The van der Waals surface area contributed by atoms with Crippen LogP contribution in [0.4, 0.5) is 5.00 Å². The van der Waals surface area contributed by atoms with Crippen LogP contribution in [0, 0.1) is 13.8 Å². The number of rotatable bonds is 2. The first-order valence-corrected chi connectivity index (χ1v) is 7.47. The molecule has 0 bridgehead atoms. The van der Waals surface area contributed by atoms with Crippen molar-refractivity contribution in [1.82, 2.24) is 14.3 Å². The molecule has 0 unspecified atom stereocenters. The lowest BCUT2D eigenvalue weighted by molar-refractivity contribution is 1.27. The summed E-state index contributed by atoms with van der Waals surface area (Å²) in [5.74, 6) is 0.867. The van der Waals surface area contributed by atoms with Crippen LogP contribution in [0.2, 0.25) is 0 Å². The lowest BCUT2D eigenvalue weighted by atomic mass is 10.2. The largest absolute Gasteiger partial charge is 0.378 e. The molecule has 0 fully saturated rings.